The van der Waals surface area contributed by atoms with Gasteiger partial charge in [-0.2, -0.15) is 0 Å². The summed E-state index contributed by atoms with van der Waals surface area (Å²) < 4.78 is 2.43. The maximum Gasteiger partial charge on any atom is 0.286 e. The topological polar surface area (TPSA) is 83.4 Å². The molecule has 26 heavy (non-hydrogen) atoms. The highest BCUT2D eigenvalue weighted by Gasteiger charge is 2.20. The van der Waals surface area contributed by atoms with E-state index >= 15 is 0 Å². The molecule has 0 saturated carbocycles. The second-order valence-corrected chi connectivity index (χ2v) is 7.03. The molecule has 2 heterocycles. The predicted molar refractivity (Wildman–Crippen MR) is 101 cm³/mol. The number of anilines is 1. The fourth-order valence-electron chi connectivity index (χ4n) is 2.87. The highest BCUT2D eigenvalue weighted by molar-refractivity contribution is 9.10. The molecule has 1 aliphatic heterocycles. The van der Waals surface area contributed by atoms with Gasteiger partial charge < -0.3 is 9.47 Å². The first kappa shape index (κ1) is 18.2. The molecule has 3 amide bonds. The predicted octanol–water partition coefficient (Wildman–Crippen LogP) is 2.38. The van der Waals surface area contributed by atoms with Crippen molar-refractivity contribution in [3.05, 3.63) is 52.3 Å². The first-order valence-electron chi connectivity index (χ1n) is 8.28. The molecule has 0 spiro atoms. The minimum Gasteiger partial charge on any atom is -0.345 e. The molecular weight excluding hydrogens is 400 g/mol. The van der Waals surface area contributed by atoms with Crippen LogP contribution in [-0.4, -0.2) is 28.8 Å². The largest absolute Gasteiger partial charge is 0.345 e. The Bertz CT molecular complexity index is 845. The Kier molecular flexibility index (Phi) is 5.41. The highest BCUT2D eigenvalue weighted by Crippen LogP contribution is 2.21. The van der Waals surface area contributed by atoms with Gasteiger partial charge in [0.2, 0.25) is 5.91 Å². The number of hydrogen-bond acceptors (Lipinski definition) is 3. The Morgan fingerprint density at radius 3 is 2.38 bits per heavy atom. The molecule has 1 aromatic carbocycles. The van der Waals surface area contributed by atoms with Gasteiger partial charge in [-0.05, 0) is 59.1 Å². The smallest absolute Gasteiger partial charge is 0.286 e. The zero-order valence-electron chi connectivity index (χ0n) is 14.3. The van der Waals surface area contributed by atoms with Crippen LogP contribution in [0.25, 0.3) is 0 Å². The van der Waals surface area contributed by atoms with Gasteiger partial charge in [0.1, 0.15) is 5.69 Å². The Labute approximate surface area is 159 Å². The van der Waals surface area contributed by atoms with Crippen molar-refractivity contribution in [2.75, 3.05) is 11.4 Å². The Balaban J connectivity index is 1.60. The molecule has 1 fully saturated rings. The number of halogens is 1. The van der Waals surface area contributed by atoms with E-state index in [0.717, 1.165) is 23.0 Å². The number of benzene rings is 1. The van der Waals surface area contributed by atoms with Crippen molar-refractivity contribution in [1.82, 2.24) is 15.4 Å². The van der Waals surface area contributed by atoms with E-state index < -0.39 is 11.8 Å². The number of rotatable bonds is 3. The number of aryl methyl sites for hydroxylation is 1. The number of piperidine rings is 1. The molecule has 0 aliphatic carbocycles. The summed E-state index contributed by atoms with van der Waals surface area (Å²) in [4.78, 5) is 38.0. The molecule has 0 bridgehead atoms. The van der Waals surface area contributed by atoms with E-state index in [-0.39, 0.29) is 5.91 Å². The first-order valence-corrected chi connectivity index (χ1v) is 9.08. The zero-order chi connectivity index (χ0) is 18.7. The number of aromatic nitrogens is 1. The van der Waals surface area contributed by atoms with Crippen LogP contribution in [0.15, 0.2) is 41.0 Å². The molecule has 1 aliphatic rings. The molecule has 8 heteroatoms. The van der Waals surface area contributed by atoms with E-state index in [1.54, 1.807) is 53.0 Å². The van der Waals surface area contributed by atoms with Crippen LogP contribution in [0.2, 0.25) is 0 Å². The number of carbonyl (C=O) groups excluding carboxylic acids is 3. The van der Waals surface area contributed by atoms with Crippen LogP contribution >= 0.6 is 15.9 Å². The molecule has 3 rings (SSSR count). The number of nitrogens with one attached hydrogen (secondary N) is 2. The van der Waals surface area contributed by atoms with Crippen LogP contribution in [0.1, 0.15) is 40.1 Å². The third kappa shape index (κ3) is 3.96. The summed E-state index contributed by atoms with van der Waals surface area (Å²) >= 11 is 3.30. The molecule has 2 N–H and O–H groups in total. The van der Waals surface area contributed by atoms with Crippen molar-refractivity contribution in [1.29, 1.82) is 0 Å². The van der Waals surface area contributed by atoms with Crippen molar-refractivity contribution in [3.63, 3.8) is 0 Å². The summed E-state index contributed by atoms with van der Waals surface area (Å²) in [6.07, 6.45) is 4.21. The molecule has 2 aromatic rings. The normalized spacial score (nSPS) is 14.2. The zero-order valence-corrected chi connectivity index (χ0v) is 15.9. The van der Waals surface area contributed by atoms with Crippen LogP contribution in [0, 0.1) is 0 Å². The monoisotopic (exact) mass is 418 g/mol. The molecule has 0 atom stereocenters. The van der Waals surface area contributed by atoms with Gasteiger partial charge in [-0.15, -0.1) is 0 Å². The van der Waals surface area contributed by atoms with Crippen molar-refractivity contribution < 1.29 is 14.4 Å². The van der Waals surface area contributed by atoms with Gasteiger partial charge in [0.05, 0.1) is 0 Å². The van der Waals surface area contributed by atoms with Gasteiger partial charge in [-0.3, -0.25) is 25.2 Å². The van der Waals surface area contributed by atoms with Crippen LogP contribution < -0.4 is 15.8 Å². The number of amides is 3. The van der Waals surface area contributed by atoms with E-state index in [1.807, 2.05) is 0 Å². The quantitative estimate of drug-likeness (QED) is 0.750. The summed E-state index contributed by atoms with van der Waals surface area (Å²) in [5.74, 6) is -0.736. The van der Waals surface area contributed by atoms with Crippen LogP contribution in [-0.2, 0) is 11.8 Å². The molecule has 1 aromatic heterocycles. The lowest BCUT2D eigenvalue weighted by Crippen LogP contribution is -2.42. The number of hydrogen-bond donors (Lipinski definition) is 2. The molecule has 0 radical (unpaired) electrons. The summed E-state index contributed by atoms with van der Waals surface area (Å²) in [6, 6.07) is 8.42. The van der Waals surface area contributed by atoms with Crippen LogP contribution in [0.5, 0.6) is 0 Å². The molecule has 136 valence electrons. The van der Waals surface area contributed by atoms with Gasteiger partial charge in [0.15, 0.2) is 0 Å². The second-order valence-electron chi connectivity index (χ2n) is 6.11. The van der Waals surface area contributed by atoms with Gasteiger partial charge in [-0.1, -0.05) is 0 Å². The summed E-state index contributed by atoms with van der Waals surface area (Å²) in [6.45, 7) is 0.701. The second kappa shape index (κ2) is 7.74. The Morgan fingerprint density at radius 2 is 1.77 bits per heavy atom. The number of nitrogens with zero attached hydrogens (tertiary/aromatic N) is 2. The van der Waals surface area contributed by atoms with E-state index in [1.165, 1.54) is 0 Å². The van der Waals surface area contributed by atoms with E-state index in [9.17, 15) is 14.4 Å². The van der Waals surface area contributed by atoms with Crippen molar-refractivity contribution in [2.45, 2.75) is 19.3 Å². The van der Waals surface area contributed by atoms with Crippen molar-refractivity contribution >= 4 is 39.3 Å². The van der Waals surface area contributed by atoms with Crippen LogP contribution in [0.4, 0.5) is 5.69 Å². The minimum atomic E-state index is -0.428. The summed E-state index contributed by atoms with van der Waals surface area (Å²) in [5.41, 5.74) is 6.38. The van der Waals surface area contributed by atoms with E-state index in [0.29, 0.717) is 24.2 Å². The van der Waals surface area contributed by atoms with E-state index in [2.05, 4.69) is 26.8 Å². The van der Waals surface area contributed by atoms with Gasteiger partial charge >= 0.3 is 0 Å². The van der Waals surface area contributed by atoms with Crippen LogP contribution in [0.3, 0.4) is 0 Å². The lowest BCUT2D eigenvalue weighted by Gasteiger charge is -2.26. The Morgan fingerprint density at radius 1 is 1.08 bits per heavy atom. The maximum atomic E-state index is 12.2. The van der Waals surface area contributed by atoms with Gasteiger partial charge in [0.25, 0.3) is 11.8 Å². The minimum absolute atomic E-state index is 0.106. The number of carbonyl (C=O) groups is 3. The molecule has 0 unspecified atom stereocenters. The van der Waals surface area contributed by atoms with E-state index in [4.69, 9.17) is 0 Å². The van der Waals surface area contributed by atoms with Crippen molar-refractivity contribution in [2.24, 2.45) is 7.05 Å². The average molecular weight is 419 g/mol. The summed E-state index contributed by atoms with van der Waals surface area (Å²) in [7, 11) is 1.74. The van der Waals surface area contributed by atoms with Crippen molar-refractivity contribution in [3.8, 4) is 0 Å². The fourth-order valence-corrected chi connectivity index (χ4v) is 3.40. The maximum absolute atomic E-state index is 12.2. The highest BCUT2D eigenvalue weighted by atomic mass is 79.9. The molecule has 1 saturated heterocycles. The van der Waals surface area contributed by atoms with Gasteiger partial charge in [0, 0.05) is 41.9 Å². The standard InChI is InChI=1S/C18H19BrN4O3/c1-22-11-13(19)10-15(22)18(26)21-20-17(25)12-5-7-14(8-6-12)23-9-3-2-4-16(23)24/h5-8,10-11H,2-4,9H2,1H3,(H,20,25)(H,21,26). The lowest BCUT2D eigenvalue weighted by molar-refractivity contribution is -0.119. The fraction of sp³-hybridized carbons (Fsp3) is 0.278. The third-order valence-electron chi connectivity index (χ3n) is 4.26. The first-order chi connectivity index (χ1) is 12.5. The average Bonchev–Trinajstić information content (AvgIpc) is 2.98. The third-order valence-corrected chi connectivity index (χ3v) is 4.69. The molecular formula is C18H19BrN4O3. The summed E-state index contributed by atoms with van der Waals surface area (Å²) in [5, 5.41) is 0. The lowest BCUT2D eigenvalue weighted by atomic mass is 10.1. The molecule has 7 nitrogen and oxygen atoms in total. The van der Waals surface area contributed by atoms with Gasteiger partial charge in [-0.25, -0.2) is 0 Å². The Hall–Kier alpha value is -2.61. The SMILES string of the molecule is Cn1cc(Br)cc1C(=O)NNC(=O)c1ccc(N2CCCCC2=O)cc1. The number of hydrazine groups is 1.